The molecule has 1 saturated heterocycles. The molecule has 1 aliphatic rings. The number of benzene rings is 1. The van der Waals surface area contributed by atoms with E-state index in [0.717, 1.165) is 37.8 Å². The summed E-state index contributed by atoms with van der Waals surface area (Å²) in [6.07, 6.45) is 3.02. The lowest BCUT2D eigenvalue weighted by Crippen LogP contribution is -2.40. The summed E-state index contributed by atoms with van der Waals surface area (Å²) in [6, 6.07) is 16.4. The first-order chi connectivity index (χ1) is 12.4. The topological polar surface area (TPSA) is 58.5 Å². The van der Waals surface area contributed by atoms with Gasteiger partial charge in [-0.05, 0) is 31.0 Å². The van der Waals surface area contributed by atoms with Gasteiger partial charge in [-0.3, -0.25) is 4.98 Å². The van der Waals surface area contributed by atoms with E-state index in [-0.39, 0.29) is 6.10 Å². The zero-order chi connectivity index (χ0) is 17.3. The lowest BCUT2D eigenvalue weighted by Gasteiger charge is -2.20. The van der Waals surface area contributed by atoms with E-state index in [0.29, 0.717) is 12.5 Å². The third-order valence-electron chi connectivity index (χ3n) is 4.34. The van der Waals surface area contributed by atoms with Crippen LogP contribution in [-0.4, -0.2) is 30.6 Å². The van der Waals surface area contributed by atoms with Crippen molar-refractivity contribution in [3.05, 3.63) is 66.0 Å². The molecule has 5 nitrogen and oxygen atoms in total. The number of nitrogens with one attached hydrogen (secondary N) is 2. The third-order valence-corrected chi connectivity index (χ3v) is 4.34. The van der Waals surface area contributed by atoms with Gasteiger partial charge in [0.2, 0.25) is 0 Å². The van der Waals surface area contributed by atoms with Crippen LogP contribution in [0.2, 0.25) is 0 Å². The zero-order valence-electron chi connectivity index (χ0n) is 14.7. The highest BCUT2D eigenvalue weighted by Gasteiger charge is 2.29. The van der Waals surface area contributed by atoms with Crippen LogP contribution in [0, 0.1) is 5.92 Å². The Labute approximate surface area is 149 Å². The monoisotopic (exact) mass is 338 g/mol. The van der Waals surface area contributed by atoms with Gasteiger partial charge in [0.05, 0.1) is 18.3 Å². The van der Waals surface area contributed by atoms with Gasteiger partial charge in [0.15, 0.2) is 5.96 Å². The molecule has 0 spiro atoms. The van der Waals surface area contributed by atoms with Crippen molar-refractivity contribution in [2.24, 2.45) is 10.9 Å². The smallest absolute Gasteiger partial charge is 0.191 e. The van der Waals surface area contributed by atoms with Crippen molar-refractivity contribution in [3.63, 3.8) is 0 Å². The van der Waals surface area contributed by atoms with Gasteiger partial charge in [-0.1, -0.05) is 36.4 Å². The normalized spacial score (nSPS) is 20.4. The molecule has 2 N–H and O–H groups in total. The van der Waals surface area contributed by atoms with Crippen LogP contribution in [0.15, 0.2) is 59.7 Å². The average molecular weight is 338 g/mol. The molecule has 0 bridgehead atoms. The predicted molar refractivity (Wildman–Crippen MR) is 100 cm³/mol. The Morgan fingerprint density at radius 3 is 2.76 bits per heavy atom. The number of pyridine rings is 1. The van der Waals surface area contributed by atoms with Gasteiger partial charge in [-0.2, -0.15) is 0 Å². The molecule has 0 amide bonds. The highest BCUT2D eigenvalue weighted by atomic mass is 16.5. The van der Waals surface area contributed by atoms with Gasteiger partial charge in [0, 0.05) is 31.8 Å². The van der Waals surface area contributed by atoms with Crippen molar-refractivity contribution in [2.75, 3.05) is 19.7 Å². The van der Waals surface area contributed by atoms with Crippen LogP contribution in [-0.2, 0) is 11.3 Å². The van der Waals surface area contributed by atoms with E-state index < -0.39 is 0 Å². The third kappa shape index (κ3) is 5.03. The highest BCUT2D eigenvalue weighted by molar-refractivity contribution is 5.79. The lowest BCUT2D eigenvalue weighted by molar-refractivity contribution is 0.0915. The number of ether oxygens (including phenoxy) is 1. The second kappa shape index (κ2) is 9.18. The Balaban J connectivity index is 1.59. The van der Waals surface area contributed by atoms with E-state index in [4.69, 9.17) is 4.74 Å². The fourth-order valence-electron chi connectivity index (χ4n) is 3.08. The van der Waals surface area contributed by atoms with Gasteiger partial charge in [-0.25, -0.2) is 4.99 Å². The molecule has 5 heteroatoms. The van der Waals surface area contributed by atoms with Crippen LogP contribution in [0.5, 0.6) is 0 Å². The van der Waals surface area contributed by atoms with E-state index in [1.807, 2.05) is 24.3 Å². The number of hydrogen-bond acceptors (Lipinski definition) is 3. The number of guanidine groups is 1. The van der Waals surface area contributed by atoms with Crippen molar-refractivity contribution in [3.8, 4) is 0 Å². The summed E-state index contributed by atoms with van der Waals surface area (Å²) in [4.78, 5) is 8.95. The highest BCUT2D eigenvalue weighted by Crippen LogP contribution is 2.33. The van der Waals surface area contributed by atoms with Gasteiger partial charge >= 0.3 is 0 Å². The summed E-state index contributed by atoms with van der Waals surface area (Å²) in [5, 5.41) is 6.77. The molecule has 0 saturated carbocycles. The Bertz CT molecular complexity index is 660. The molecule has 3 rings (SSSR count). The summed E-state index contributed by atoms with van der Waals surface area (Å²) in [5.41, 5.74) is 2.22. The molecule has 25 heavy (non-hydrogen) atoms. The lowest BCUT2D eigenvalue weighted by atomic mass is 9.95. The fraction of sp³-hybridized carbons (Fsp3) is 0.400. The summed E-state index contributed by atoms with van der Waals surface area (Å²) < 4.78 is 5.96. The van der Waals surface area contributed by atoms with Crippen LogP contribution in [0.4, 0.5) is 0 Å². The number of aromatic nitrogens is 1. The quantitative estimate of drug-likeness (QED) is 0.628. The van der Waals surface area contributed by atoms with Gasteiger partial charge in [0.1, 0.15) is 0 Å². The molecule has 2 aromatic rings. The Morgan fingerprint density at radius 1 is 1.16 bits per heavy atom. The van der Waals surface area contributed by atoms with E-state index in [2.05, 4.69) is 51.8 Å². The standard InChI is InChI=1S/C20H26N4O/c1-2-21-20(24-15-18-10-6-7-12-22-18)23-14-17-11-13-25-19(17)16-8-4-3-5-9-16/h3-10,12,17,19H,2,11,13-15H2,1H3,(H2,21,23,24). The van der Waals surface area contributed by atoms with Crippen molar-refractivity contribution < 1.29 is 4.74 Å². The minimum absolute atomic E-state index is 0.160. The molecular formula is C20H26N4O. The molecule has 2 heterocycles. The Kier molecular flexibility index (Phi) is 6.40. The van der Waals surface area contributed by atoms with Crippen LogP contribution in [0.3, 0.4) is 0 Å². The number of hydrogen-bond donors (Lipinski definition) is 2. The molecule has 132 valence electrons. The minimum atomic E-state index is 0.160. The average Bonchev–Trinajstić information content (AvgIpc) is 3.14. The molecule has 2 unspecified atom stereocenters. The fourth-order valence-corrected chi connectivity index (χ4v) is 3.08. The molecule has 1 aliphatic heterocycles. The first-order valence-corrected chi connectivity index (χ1v) is 8.95. The van der Waals surface area contributed by atoms with E-state index in [1.54, 1.807) is 6.20 Å². The maximum atomic E-state index is 5.96. The molecule has 1 aromatic carbocycles. The van der Waals surface area contributed by atoms with E-state index >= 15 is 0 Å². The molecular weight excluding hydrogens is 312 g/mol. The molecule has 0 radical (unpaired) electrons. The van der Waals surface area contributed by atoms with E-state index in [1.165, 1.54) is 5.56 Å². The largest absolute Gasteiger partial charge is 0.373 e. The van der Waals surface area contributed by atoms with E-state index in [9.17, 15) is 0 Å². The summed E-state index contributed by atoms with van der Waals surface area (Å²) in [7, 11) is 0. The van der Waals surface area contributed by atoms with Gasteiger partial charge < -0.3 is 15.4 Å². The number of nitrogens with zero attached hydrogens (tertiary/aromatic N) is 2. The van der Waals surface area contributed by atoms with Crippen molar-refractivity contribution in [2.45, 2.75) is 26.0 Å². The molecule has 0 aliphatic carbocycles. The Hall–Kier alpha value is -2.40. The SMILES string of the molecule is CCNC(=NCc1ccccn1)NCC1CCOC1c1ccccc1. The van der Waals surface area contributed by atoms with Crippen LogP contribution >= 0.6 is 0 Å². The number of rotatable bonds is 6. The number of aliphatic imine (C=N–C) groups is 1. The molecule has 1 fully saturated rings. The molecule has 1 aromatic heterocycles. The van der Waals surface area contributed by atoms with Crippen LogP contribution in [0.25, 0.3) is 0 Å². The summed E-state index contributed by atoms with van der Waals surface area (Å²) >= 11 is 0. The summed E-state index contributed by atoms with van der Waals surface area (Å²) in [6.45, 7) is 5.13. The predicted octanol–water partition coefficient (Wildman–Crippen LogP) is 2.91. The second-order valence-electron chi connectivity index (χ2n) is 6.15. The first kappa shape index (κ1) is 17.4. The zero-order valence-corrected chi connectivity index (χ0v) is 14.7. The van der Waals surface area contributed by atoms with Crippen LogP contribution in [0.1, 0.15) is 30.7 Å². The summed E-state index contributed by atoms with van der Waals surface area (Å²) in [5.74, 6) is 1.27. The minimum Gasteiger partial charge on any atom is -0.373 e. The maximum absolute atomic E-state index is 5.96. The maximum Gasteiger partial charge on any atom is 0.191 e. The molecule has 2 atom stereocenters. The van der Waals surface area contributed by atoms with Crippen molar-refractivity contribution >= 4 is 5.96 Å². The van der Waals surface area contributed by atoms with Gasteiger partial charge in [-0.15, -0.1) is 0 Å². The Morgan fingerprint density at radius 2 is 2.00 bits per heavy atom. The van der Waals surface area contributed by atoms with Crippen LogP contribution < -0.4 is 10.6 Å². The second-order valence-corrected chi connectivity index (χ2v) is 6.15. The first-order valence-electron chi connectivity index (χ1n) is 8.95. The van der Waals surface area contributed by atoms with Crippen molar-refractivity contribution in [1.29, 1.82) is 0 Å². The van der Waals surface area contributed by atoms with Gasteiger partial charge in [0.25, 0.3) is 0 Å². The van der Waals surface area contributed by atoms with Crippen molar-refractivity contribution in [1.82, 2.24) is 15.6 Å².